The van der Waals surface area contributed by atoms with Crippen molar-refractivity contribution in [3.63, 3.8) is 0 Å². The number of nitrogens with two attached hydrogens (primary N) is 1. The van der Waals surface area contributed by atoms with E-state index in [0.29, 0.717) is 6.42 Å². The fraction of sp³-hybridized carbons (Fsp3) is 0.429. The number of H-pyrrole nitrogens is 1. The summed E-state index contributed by atoms with van der Waals surface area (Å²) in [5.41, 5.74) is 4.87. The topological polar surface area (TPSA) is 145 Å². The zero-order valence-corrected chi connectivity index (χ0v) is 13.0. The van der Waals surface area contributed by atoms with E-state index in [-0.39, 0.29) is 29.8 Å². The second kappa shape index (κ2) is 5.73. The third-order valence-electron chi connectivity index (χ3n) is 4.01. The quantitative estimate of drug-likeness (QED) is 0.539. The first kappa shape index (κ1) is 16.1. The second-order valence-corrected chi connectivity index (χ2v) is 5.52. The van der Waals surface area contributed by atoms with Crippen LogP contribution >= 0.6 is 0 Å². The highest BCUT2D eigenvalue weighted by Gasteiger charge is 2.49. The lowest BCUT2D eigenvalue weighted by molar-refractivity contribution is -0.343. The Balaban J connectivity index is 2.18. The predicted octanol–water partition coefficient (Wildman–Crippen LogP) is -0.601. The number of hydrogen-bond donors (Lipinski definition) is 4. The number of nitrogens with one attached hydrogen (secondary N) is 1. The van der Waals surface area contributed by atoms with Crippen LogP contribution in [0.1, 0.15) is 19.8 Å². The number of rotatable bonds is 3. The lowest BCUT2D eigenvalue weighted by atomic mass is 10.1. The SMILES string of the molecule is C=CN1C(=O)/[N+](=C2/O[C@H]([C@H](O)CC)C[C@H]2O)c2nc(N)[nH]c(=O)c21. The van der Waals surface area contributed by atoms with E-state index in [1.165, 1.54) is 0 Å². The molecule has 3 heterocycles. The highest BCUT2D eigenvalue weighted by atomic mass is 16.5. The largest absolute Gasteiger partial charge is 0.463 e. The lowest BCUT2D eigenvalue weighted by Gasteiger charge is -2.14. The van der Waals surface area contributed by atoms with Crippen molar-refractivity contribution in [2.45, 2.75) is 38.1 Å². The maximum absolute atomic E-state index is 12.6. The first-order chi connectivity index (χ1) is 11.4. The van der Waals surface area contributed by atoms with Gasteiger partial charge in [-0.15, -0.1) is 4.58 Å². The fourth-order valence-electron chi connectivity index (χ4n) is 2.81. The van der Waals surface area contributed by atoms with Crippen molar-refractivity contribution in [2.24, 2.45) is 0 Å². The standard InChI is InChI=1S/C14H17N5O5/c1-3-6(20)8-5-7(21)12(24-8)19-10-9(18(4-2)14(19)23)11(22)17-13(15)16-10/h4,6-8,20-21H,2-3,5H2,1H3,(H2-,15,16,17,22)/p+1/b19-12+/t6-,7-,8+/m1/s1. The zero-order chi connectivity index (χ0) is 17.6. The molecule has 2 aliphatic rings. The van der Waals surface area contributed by atoms with Crippen LogP contribution in [0.2, 0.25) is 0 Å². The Morgan fingerprint density at radius 2 is 2.33 bits per heavy atom. The number of amides is 2. The number of aliphatic hydroxyl groups excluding tert-OH is 2. The van der Waals surface area contributed by atoms with Gasteiger partial charge >= 0.3 is 11.8 Å². The van der Waals surface area contributed by atoms with Gasteiger partial charge in [0.25, 0.3) is 17.4 Å². The fourth-order valence-corrected chi connectivity index (χ4v) is 2.81. The minimum Gasteiger partial charge on any atom is -0.463 e. The van der Waals surface area contributed by atoms with Crippen molar-refractivity contribution in [1.29, 1.82) is 0 Å². The van der Waals surface area contributed by atoms with Gasteiger partial charge in [0.2, 0.25) is 5.69 Å². The number of aromatic amines is 1. The molecular weight excluding hydrogens is 318 g/mol. The Bertz CT molecular complexity index is 801. The van der Waals surface area contributed by atoms with E-state index < -0.39 is 29.9 Å². The van der Waals surface area contributed by atoms with Crippen LogP contribution < -0.4 is 16.2 Å². The van der Waals surface area contributed by atoms with E-state index in [2.05, 4.69) is 16.5 Å². The summed E-state index contributed by atoms with van der Waals surface area (Å²) < 4.78 is 6.56. The van der Waals surface area contributed by atoms with Crippen LogP contribution in [0.25, 0.3) is 0 Å². The second-order valence-electron chi connectivity index (χ2n) is 5.52. The van der Waals surface area contributed by atoms with Crippen LogP contribution in [0.3, 0.4) is 0 Å². The van der Waals surface area contributed by atoms with Crippen molar-refractivity contribution >= 4 is 29.4 Å². The molecule has 0 spiro atoms. The molecule has 0 aromatic carbocycles. The molecule has 0 saturated carbocycles. The number of anilines is 2. The van der Waals surface area contributed by atoms with Crippen LogP contribution in [0.4, 0.5) is 22.2 Å². The van der Waals surface area contributed by atoms with E-state index in [1.807, 2.05) is 0 Å². The molecule has 0 bridgehead atoms. The van der Waals surface area contributed by atoms with Crippen LogP contribution in [-0.2, 0) is 4.74 Å². The van der Waals surface area contributed by atoms with Crippen molar-refractivity contribution < 1.29 is 24.3 Å². The monoisotopic (exact) mass is 336 g/mol. The van der Waals surface area contributed by atoms with Gasteiger partial charge in [0.05, 0.1) is 12.3 Å². The van der Waals surface area contributed by atoms with E-state index >= 15 is 0 Å². The predicted molar refractivity (Wildman–Crippen MR) is 84.1 cm³/mol. The molecule has 1 aromatic rings. The van der Waals surface area contributed by atoms with E-state index in [1.54, 1.807) is 6.92 Å². The molecule has 24 heavy (non-hydrogen) atoms. The Kier molecular flexibility index (Phi) is 3.85. The summed E-state index contributed by atoms with van der Waals surface area (Å²) >= 11 is 0. The van der Waals surface area contributed by atoms with Crippen molar-refractivity contribution in [3.8, 4) is 0 Å². The Hall–Kier alpha value is -2.72. The number of urea groups is 1. The number of fused-ring (bicyclic) bond motifs is 1. The average Bonchev–Trinajstić information content (AvgIpc) is 3.03. The maximum Gasteiger partial charge on any atom is 0.456 e. The number of carbonyl (C=O) groups is 1. The number of carbonyl (C=O) groups excluding carboxylic acids is 1. The summed E-state index contributed by atoms with van der Waals surface area (Å²) in [7, 11) is 0. The highest BCUT2D eigenvalue weighted by molar-refractivity contribution is 6.01. The molecule has 5 N–H and O–H groups in total. The van der Waals surface area contributed by atoms with Crippen LogP contribution in [0.5, 0.6) is 0 Å². The molecule has 2 amide bonds. The summed E-state index contributed by atoms with van der Waals surface area (Å²) in [5, 5.41) is 20.2. The molecule has 128 valence electrons. The molecule has 1 saturated heterocycles. The van der Waals surface area contributed by atoms with E-state index in [0.717, 1.165) is 15.7 Å². The molecule has 1 fully saturated rings. The van der Waals surface area contributed by atoms with Gasteiger partial charge in [-0.3, -0.25) is 9.78 Å². The Morgan fingerprint density at radius 1 is 1.62 bits per heavy atom. The third-order valence-corrected chi connectivity index (χ3v) is 4.01. The van der Waals surface area contributed by atoms with Gasteiger partial charge < -0.3 is 20.7 Å². The molecule has 0 unspecified atom stereocenters. The zero-order valence-electron chi connectivity index (χ0n) is 13.0. The lowest BCUT2D eigenvalue weighted by Crippen LogP contribution is -2.33. The third kappa shape index (κ3) is 2.27. The molecule has 10 nitrogen and oxygen atoms in total. The number of hydrogen-bond acceptors (Lipinski definition) is 7. The van der Waals surface area contributed by atoms with E-state index in [4.69, 9.17) is 10.5 Å². The average molecular weight is 336 g/mol. The van der Waals surface area contributed by atoms with Gasteiger partial charge in [0, 0.05) is 6.42 Å². The number of nitrogens with zero attached hydrogens (tertiary/aromatic N) is 3. The molecule has 10 heteroatoms. The minimum atomic E-state index is -1.12. The first-order valence-electron chi connectivity index (χ1n) is 7.44. The van der Waals surface area contributed by atoms with Gasteiger partial charge in [-0.05, 0) is 6.42 Å². The molecule has 3 atom stereocenters. The molecular formula is C14H18N5O5+. The molecule has 2 aliphatic heterocycles. The number of aromatic nitrogens is 2. The van der Waals surface area contributed by atoms with E-state index in [9.17, 15) is 19.8 Å². The summed E-state index contributed by atoms with van der Waals surface area (Å²) in [4.78, 5) is 32.0. The number of aliphatic hydroxyl groups is 2. The normalized spacial score (nSPS) is 27.1. The highest BCUT2D eigenvalue weighted by Crippen LogP contribution is 2.33. The molecule has 0 aliphatic carbocycles. The molecule has 1 aromatic heterocycles. The minimum absolute atomic E-state index is 0.0539. The van der Waals surface area contributed by atoms with Crippen LogP contribution in [0.15, 0.2) is 17.6 Å². The summed E-state index contributed by atoms with van der Waals surface area (Å²) in [5.74, 6) is -0.330. The van der Waals surface area contributed by atoms with Crippen molar-refractivity contribution in [1.82, 2.24) is 9.97 Å². The van der Waals surface area contributed by atoms with Gasteiger partial charge in [0.1, 0.15) is 12.2 Å². The van der Waals surface area contributed by atoms with Gasteiger partial charge in [-0.25, -0.2) is 4.79 Å². The van der Waals surface area contributed by atoms with Gasteiger partial charge in [0.15, 0.2) is 0 Å². The molecule has 0 radical (unpaired) electrons. The van der Waals surface area contributed by atoms with Crippen LogP contribution in [0, 0.1) is 0 Å². The van der Waals surface area contributed by atoms with Gasteiger partial charge in [-0.2, -0.15) is 4.90 Å². The first-order valence-corrected chi connectivity index (χ1v) is 7.44. The summed E-state index contributed by atoms with van der Waals surface area (Å²) in [6.07, 6.45) is -0.862. The molecule has 3 rings (SSSR count). The summed E-state index contributed by atoms with van der Waals surface area (Å²) in [6.45, 7) is 5.28. The Morgan fingerprint density at radius 3 is 2.96 bits per heavy atom. The maximum atomic E-state index is 12.6. The van der Waals surface area contributed by atoms with Gasteiger partial charge in [-0.1, -0.05) is 18.5 Å². The van der Waals surface area contributed by atoms with Crippen LogP contribution in [-0.4, -0.2) is 55.0 Å². The van der Waals surface area contributed by atoms with Crippen molar-refractivity contribution in [2.75, 3.05) is 10.6 Å². The summed E-state index contributed by atoms with van der Waals surface area (Å²) in [6, 6.07) is -0.677. The smallest absolute Gasteiger partial charge is 0.456 e. The number of nitrogen functional groups attached to an aromatic ring is 1. The Labute approximate surface area is 136 Å². The number of ether oxygens (including phenoxy) is 1. The van der Waals surface area contributed by atoms with Crippen molar-refractivity contribution in [3.05, 3.63) is 23.1 Å².